The summed E-state index contributed by atoms with van der Waals surface area (Å²) in [6.45, 7) is 5.78. The maximum atomic E-state index is 12.7. The van der Waals surface area contributed by atoms with E-state index in [0.717, 1.165) is 35.2 Å². The van der Waals surface area contributed by atoms with E-state index in [1.54, 1.807) is 23.1 Å². The monoisotopic (exact) mass is 442 g/mol. The molecule has 1 N–H and O–H groups in total. The van der Waals surface area contributed by atoms with Crippen molar-refractivity contribution < 1.29 is 19.1 Å². The van der Waals surface area contributed by atoms with Crippen molar-refractivity contribution in [3.8, 4) is 0 Å². The van der Waals surface area contributed by atoms with E-state index < -0.39 is 24.4 Å². The standard InChI is InChI=1S/C24H27ClN2O4/c1-4-16-7-6-8-17(5-2)23(16)27-13-18(11-22(27)29)24(30)31-14-21(28)26-20-12-19(25)10-9-15(20)3/h6-10,12,18H,4-5,11,13-14H2,1-3H3,(H,26,28)/t18-/m1/s1. The largest absolute Gasteiger partial charge is 0.455 e. The van der Waals surface area contributed by atoms with Crippen LogP contribution in [0.5, 0.6) is 0 Å². The van der Waals surface area contributed by atoms with Crippen LogP contribution in [0.15, 0.2) is 36.4 Å². The van der Waals surface area contributed by atoms with Crippen molar-refractivity contribution in [1.29, 1.82) is 0 Å². The molecule has 1 fully saturated rings. The van der Waals surface area contributed by atoms with Crippen molar-refractivity contribution in [2.45, 2.75) is 40.0 Å². The average Bonchev–Trinajstić information content (AvgIpc) is 3.15. The van der Waals surface area contributed by atoms with Crippen molar-refractivity contribution in [3.63, 3.8) is 0 Å². The minimum Gasteiger partial charge on any atom is -0.455 e. The Morgan fingerprint density at radius 2 is 1.84 bits per heavy atom. The molecule has 1 aliphatic rings. The fourth-order valence-electron chi connectivity index (χ4n) is 3.81. The minimum absolute atomic E-state index is 0.0784. The summed E-state index contributed by atoms with van der Waals surface area (Å²) < 4.78 is 5.21. The highest BCUT2D eigenvalue weighted by molar-refractivity contribution is 6.31. The number of para-hydroxylation sites is 1. The first kappa shape index (κ1) is 22.8. The number of benzene rings is 2. The number of anilines is 2. The Balaban J connectivity index is 1.62. The van der Waals surface area contributed by atoms with Crippen LogP contribution in [-0.4, -0.2) is 30.9 Å². The number of aryl methyl sites for hydroxylation is 3. The molecule has 7 heteroatoms. The summed E-state index contributed by atoms with van der Waals surface area (Å²) >= 11 is 5.96. The van der Waals surface area contributed by atoms with E-state index in [4.69, 9.17) is 16.3 Å². The summed E-state index contributed by atoms with van der Waals surface area (Å²) in [7, 11) is 0. The molecule has 0 unspecified atom stereocenters. The van der Waals surface area contributed by atoms with E-state index in [1.807, 2.05) is 39.0 Å². The molecule has 0 radical (unpaired) electrons. The minimum atomic E-state index is -0.595. The summed E-state index contributed by atoms with van der Waals surface area (Å²) in [6, 6.07) is 11.2. The Bertz CT molecular complexity index is 983. The van der Waals surface area contributed by atoms with Gasteiger partial charge >= 0.3 is 5.97 Å². The second-order valence-electron chi connectivity index (χ2n) is 7.65. The Morgan fingerprint density at radius 1 is 1.16 bits per heavy atom. The smallest absolute Gasteiger partial charge is 0.311 e. The van der Waals surface area contributed by atoms with Gasteiger partial charge in [0.2, 0.25) is 5.91 Å². The van der Waals surface area contributed by atoms with Gasteiger partial charge < -0.3 is 15.0 Å². The van der Waals surface area contributed by atoms with Crippen molar-refractivity contribution in [1.82, 2.24) is 0 Å². The molecule has 0 aliphatic carbocycles. The fraction of sp³-hybridized carbons (Fsp3) is 0.375. The Hall–Kier alpha value is -2.86. The van der Waals surface area contributed by atoms with E-state index >= 15 is 0 Å². The third-order valence-electron chi connectivity index (χ3n) is 5.51. The van der Waals surface area contributed by atoms with Crippen LogP contribution in [0.1, 0.15) is 37.0 Å². The lowest BCUT2D eigenvalue weighted by molar-refractivity contribution is -0.151. The van der Waals surface area contributed by atoms with Crippen LogP contribution in [0, 0.1) is 12.8 Å². The van der Waals surface area contributed by atoms with Gasteiger partial charge in [0.25, 0.3) is 5.91 Å². The molecule has 0 saturated carbocycles. The number of hydrogen-bond donors (Lipinski definition) is 1. The first-order valence-corrected chi connectivity index (χ1v) is 10.9. The van der Waals surface area contributed by atoms with Gasteiger partial charge in [0, 0.05) is 29.4 Å². The topological polar surface area (TPSA) is 75.7 Å². The molecule has 31 heavy (non-hydrogen) atoms. The summed E-state index contributed by atoms with van der Waals surface area (Å²) in [5.74, 6) is -1.69. The predicted octanol–water partition coefficient (Wildman–Crippen LogP) is 4.31. The lowest BCUT2D eigenvalue weighted by atomic mass is 10.0. The van der Waals surface area contributed by atoms with Crippen molar-refractivity contribution in [3.05, 3.63) is 58.1 Å². The maximum absolute atomic E-state index is 12.7. The van der Waals surface area contributed by atoms with Gasteiger partial charge in [-0.3, -0.25) is 14.4 Å². The molecule has 1 atom stereocenters. The first-order valence-electron chi connectivity index (χ1n) is 10.5. The lowest BCUT2D eigenvalue weighted by Crippen LogP contribution is -2.29. The van der Waals surface area contributed by atoms with Gasteiger partial charge in [-0.2, -0.15) is 0 Å². The van der Waals surface area contributed by atoms with E-state index in [1.165, 1.54) is 0 Å². The molecule has 3 rings (SSSR count). The van der Waals surface area contributed by atoms with Crippen LogP contribution in [0.2, 0.25) is 5.02 Å². The zero-order chi connectivity index (χ0) is 22.5. The van der Waals surface area contributed by atoms with Crippen molar-refractivity contribution in [2.24, 2.45) is 5.92 Å². The molecular formula is C24H27ClN2O4. The number of esters is 1. The Labute approximate surface area is 187 Å². The second-order valence-corrected chi connectivity index (χ2v) is 8.09. The number of amides is 2. The molecule has 6 nitrogen and oxygen atoms in total. The van der Waals surface area contributed by atoms with Crippen LogP contribution in [0.25, 0.3) is 0 Å². The summed E-state index contributed by atoms with van der Waals surface area (Å²) in [4.78, 5) is 39.2. The molecule has 1 aliphatic heterocycles. The van der Waals surface area contributed by atoms with Crippen LogP contribution < -0.4 is 10.2 Å². The van der Waals surface area contributed by atoms with Gasteiger partial charge in [-0.15, -0.1) is 0 Å². The zero-order valence-corrected chi connectivity index (χ0v) is 18.8. The molecular weight excluding hydrogens is 416 g/mol. The molecule has 0 spiro atoms. The SMILES string of the molecule is CCc1cccc(CC)c1N1C[C@H](C(=O)OCC(=O)Nc2cc(Cl)ccc2C)CC1=O. The molecule has 1 heterocycles. The third-order valence-corrected chi connectivity index (χ3v) is 5.75. The number of carbonyl (C=O) groups is 3. The van der Waals surface area contributed by atoms with Gasteiger partial charge in [-0.25, -0.2) is 0 Å². The highest BCUT2D eigenvalue weighted by Gasteiger charge is 2.37. The molecule has 2 aromatic carbocycles. The van der Waals surface area contributed by atoms with Crippen molar-refractivity contribution in [2.75, 3.05) is 23.4 Å². The van der Waals surface area contributed by atoms with Crippen LogP contribution in [0.4, 0.5) is 11.4 Å². The zero-order valence-electron chi connectivity index (χ0n) is 18.0. The third kappa shape index (κ3) is 5.25. The summed E-state index contributed by atoms with van der Waals surface area (Å²) in [5, 5.41) is 3.19. The number of nitrogens with zero attached hydrogens (tertiary/aromatic N) is 1. The second kappa shape index (κ2) is 9.96. The molecule has 1 saturated heterocycles. The van der Waals surface area contributed by atoms with Gasteiger partial charge in [0.05, 0.1) is 5.92 Å². The number of ether oxygens (including phenoxy) is 1. The predicted molar refractivity (Wildman–Crippen MR) is 121 cm³/mol. The quantitative estimate of drug-likeness (QED) is 0.648. The van der Waals surface area contributed by atoms with Gasteiger partial charge in [0.15, 0.2) is 6.61 Å². The van der Waals surface area contributed by atoms with E-state index in [9.17, 15) is 14.4 Å². The number of hydrogen-bond acceptors (Lipinski definition) is 4. The highest BCUT2D eigenvalue weighted by atomic mass is 35.5. The molecule has 0 aromatic heterocycles. The van der Waals surface area contributed by atoms with Gasteiger partial charge in [-0.1, -0.05) is 49.7 Å². The Kier molecular flexibility index (Phi) is 7.33. The van der Waals surface area contributed by atoms with E-state index in [0.29, 0.717) is 10.7 Å². The van der Waals surface area contributed by atoms with Crippen molar-refractivity contribution >= 4 is 40.8 Å². The van der Waals surface area contributed by atoms with Crippen LogP contribution >= 0.6 is 11.6 Å². The number of carbonyl (C=O) groups excluding carboxylic acids is 3. The normalized spacial score (nSPS) is 15.8. The van der Waals surface area contributed by atoms with Crippen LogP contribution in [-0.2, 0) is 32.0 Å². The van der Waals surface area contributed by atoms with Gasteiger partial charge in [0.1, 0.15) is 0 Å². The average molecular weight is 443 g/mol. The number of halogens is 1. The number of rotatable bonds is 7. The first-order chi connectivity index (χ1) is 14.8. The molecule has 2 aromatic rings. The number of nitrogens with one attached hydrogen (secondary N) is 1. The molecule has 164 valence electrons. The van der Waals surface area contributed by atoms with Crippen LogP contribution in [0.3, 0.4) is 0 Å². The van der Waals surface area contributed by atoms with Gasteiger partial charge in [-0.05, 0) is 48.6 Å². The van der Waals surface area contributed by atoms with E-state index in [-0.39, 0.29) is 18.9 Å². The summed E-state index contributed by atoms with van der Waals surface area (Å²) in [5.41, 5.74) is 4.49. The maximum Gasteiger partial charge on any atom is 0.311 e. The molecule has 0 bridgehead atoms. The fourth-order valence-corrected chi connectivity index (χ4v) is 3.99. The highest BCUT2D eigenvalue weighted by Crippen LogP contribution is 2.32. The summed E-state index contributed by atoms with van der Waals surface area (Å²) in [6.07, 6.45) is 1.67. The molecule has 2 amide bonds. The van der Waals surface area contributed by atoms with E-state index in [2.05, 4.69) is 5.32 Å². The lowest BCUT2D eigenvalue weighted by Gasteiger charge is -2.23. The Morgan fingerprint density at radius 3 is 2.48 bits per heavy atom.